The van der Waals surface area contributed by atoms with Gasteiger partial charge in [-0.2, -0.15) is 0 Å². The van der Waals surface area contributed by atoms with Crippen LogP contribution in [-0.2, 0) is 22.6 Å². The van der Waals surface area contributed by atoms with Crippen molar-refractivity contribution in [2.75, 3.05) is 18.6 Å². The second-order valence-corrected chi connectivity index (χ2v) is 7.61. The normalized spacial score (nSPS) is 16.2. The molecule has 0 unspecified atom stereocenters. The second-order valence-electron chi connectivity index (χ2n) is 7.61. The number of para-hydroxylation sites is 1. The molecule has 0 fully saturated rings. The molecule has 3 aromatic rings. The van der Waals surface area contributed by atoms with Crippen LogP contribution in [0.3, 0.4) is 0 Å². The molecule has 2 aliphatic heterocycles. The summed E-state index contributed by atoms with van der Waals surface area (Å²) in [5.74, 6) is 0.642. The quantitative estimate of drug-likeness (QED) is 0.590. The Labute approximate surface area is 180 Å². The fourth-order valence-electron chi connectivity index (χ4n) is 4.30. The minimum absolute atomic E-state index is 0.101. The molecule has 0 saturated heterocycles. The lowest BCUT2D eigenvalue weighted by Gasteiger charge is -2.32. The van der Waals surface area contributed by atoms with Crippen LogP contribution >= 0.6 is 0 Å². The molecule has 0 aliphatic carbocycles. The third-order valence-corrected chi connectivity index (χ3v) is 5.80. The summed E-state index contributed by atoms with van der Waals surface area (Å²) < 4.78 is 10.7. The van der Waals surface area contributed by atoms with E-state index in [9.17, 15) is 9.59 Å². The number of imide groups is 1. The van der Waals surface area contributed by atoms with Crippen molar-refractivity contribution < 1.29 is 18.7 Å². The standard InChI is InChI=1S/C25H22N2O4/c1-30-19-12-10-18(11-13-19)22-23(26-14-4-7-17-6-2-3-9-21(17)26)25(29)27(24(22)28)16-20-8-5-15-31-20/h2-3,5-6,8-13,15H,4,7,14,16H2,1H3. The van der Waals surface area contributed by atoms with Crippen LogP contribution in [0.4, 0.5) is 5.69 Å². The number of benzene rings is 2. The van der Waals surface area contributed by atoms with Gasteiger partial charge in [-0.1, -0.05) is 30.3 Å². The first-order chi connectivity index (χ1) is 15.2. The maximum absolute atomic E-state index is 13.6. The van der Waals surface area contributed by atoms with Crippen molar-refractivity contribution in [1.82, 2.24) is 4.90 Å². The third kappa shape index (κ3) is 3.30. The van der Waals surface area contributed by atoms with Crippen LogP contribution in [-0.4, -0.2) is 30.4 Å². The first kappa shape index (κ1) is 19.2. The number of hydrogen-bond acceptors (Lipinski definition) is 5. The highest BCUT2D eigenvalue weighted by Crippen LogP contribution is 2.38. The van der Waals surface area contributed by atoms with Crippen molar-refractivity contribution in [3.8, 4) is 5.75 Å². The number of fused-ring (bicyclic) bond motifs is 1. The highest BCUT2D eigenvalue weighted by Gasteiger charge is 2.43. The molecule has 0 radical (unpaired) electrons. The summed E-state index contributed by atoms with van der Waals surface area (Å²) in [6.07, 6.45) is 3.41. The van der Waals surface area contributed by atoms with Crippen molar-refractivity contribution in [2.24, 2.45) is 0 Å². The van der Waals surface area contributed by atoms with E-state index in [-0.39, 0.29) is 18.4 Å². The number of carbonyl (C=O) groups excluding carboxylic acids is 2. The van der Waals surface area contributed by atoms with E-state index in [4.69, 9.17) is 9.15 Å². The second kappa shape index (κ2) is 7.80. The summed E-state index contributed by atoms with van der Waals surface area (Å²) in [5, 5.41) is 0. The third-order valence-electron chi connectivity index (χ3n) is 5.80. The number of furan rings is 1. The molecule has 5 rings (SSSR count). The smallest absolute Gasteiger partial charge is 0.278 e. The van der Waals surface area contributed by atoms with Crippen LogP contribution in [0, 0.1) is 0 Å². The van der Waals surface area contributed by atoms with Gasteiger partial charge in [0, 0.05) is 12.2 Å². The van der Waals surface area contributed by atoms with Gasteiger partial charge in [0.25, 0.3) is 11.8 Å². The van der Waals surface area contributed by atoms with Gasteiger partial charge in [-0.3, -0.25) is 14.5 Å². The first-order valence-electron chi connectivity index (χ1n) is 10.3. The maximum Gasteiger partial charge on any atom is 0.278 e. The van der Waals surface area contributed by atoms with E-state index in [0.29, 0.717) is 34.9 Å². The molecule has 0 saturated carbocycles. The molecule has 2 aliphatic rings. The summed E-state index contributed by atoms with van der Waals surface area (Å²) >= 11 is 0. The molecule has 6 nitrogen and oxygen atoms in total. The molecule has 0 spiro atoms. The predicted octanol–water partition coefficient (Wildman–Crippen LogP) is 4.02. The Morgan fingerprint density at radius 2 is 1.77 bits per heavy atom. The lowest BCUT2D eigenvalue weighted by molar-refractivity contribution is -0.137. The average Bonchev–Trinajstić information content (AvgIpc) is 3.41. The minimum Gasteiger partial charge on any atom is -0.497 e. The zero-order valence-corrected chi connectivity index (χ0v) is 17.2. The largest absolute Gasteiger partial charge is 0.497 e. The van der Waals surface area contributed by atoms with E-state index in [0.717, 1.165) is 18.5 Å². The Morgan fingerprint density at radius 3 is 2.52 bits per heavy atom. The number of carbonyl (C=O) groups is 2. The summed E-state index contributed by atoms with van der Waals surface area (Å²) in [5.41, 5.74) is 3.69. The summed E-state index contributed by atoms with van der Waals surface area (Å²) in [6.45, 7) is 0.781. The molecule has 31 heavy (non-hydrogen) atoms. The van der Waals surface area contributed by atoms with Crippen LogP contribution in [0.15, 0.2) is 77.0 Å². The van der Waals surface area contributed by atoms with Gasteiger partial charge in [-0.05, 0) is 54.3 Å². The van der Waals surface area contributed by atoms with Crippen molar-refractivity contribution in [3.05, 3.63) is 89.5 Å². The van der Waals surface area contributed by atoms with E-state index in [1.807, 2.05) is 35.2 Å². The molecule has 0 bridgehead atoms. The van der Waals surface area contributed by atoms with Crippen LogP contribution < -0.4 is 9.64 Å². The Hall–Kier alpha value is -3.80. The van der Waals surface area contributed by atoms with E-state index in [2.05, 4.69) is 6.07 Å². The fraction of sp³-hybridized carbons (Fsp3) is 0.200. The van der Waals surface area contributed by atoms with Crippen molar-refractivity contribution >= 4 is 23.1 Å². The predicted molar refractivity (Wildman–Crippen MR) is 116 cm³/mol. The Kier molecular flexibility index (Phi) is 4.82. The Balaban J connectivity index is 1.63. The van der Waals surface area contributed by atoms with Gasteiger partial charge in [0.1, 0.15) is 17.2 Å². The number of ether oxygens (including phenoxy) is 1. The molecule has 2 amide bonds. The molecule has 3 heterocycles. The molecular formula is C25H22N2O4. The van der Waals surface area contributed by atoms with Crippen LogP contribution in [0.5, 0.6) is 5.75 Å². The summed E-state index contributed by atoms with van der Waals surface area (Å²) in [6, 6.07) is 18.8. The van der Waals surface area contributed by atoms with E-state index < -0.39 is 0 Å². The molecule has 2 aromatic carbocycles. The van der Waals surface area contributed by atoms with Gasteiger partial charge >= 0.3 is 0 Å². The Bertz CT molecular complexity index is 1160. The van der Waals surface area contributed by atoms with Gasteiger partial charge in [0.15, 0.2) is 0 Å². The van der Waals surface area contributed by atoms with Crippen LogP contribution in [0.1, 0.15) is 23.3 Å². The average molecular weight is 414 g/mol. The topological polar surface area (TPSA) is 63.0 Å². The SMILES string of the molecule is COc1ccc(C2=C(N3CCCc4ccccc43)C(=O)N(Cc3ccco3)C2=O)cc1. The first-order valence-corrected chi connectivity index (χ1v) is 10.3. The number of rotatable bonds is 5. The van der Waals surface area contributed by atoms with Crippen molar-refractivity contribution in [3.63, 3.8) is 0 Å². The fourth-order valence-corrected chi connectivity index (χ4v) is 4.30. The lowest BCUT2D eigenvalue weighted by atomic mass is 9.98. The monoisotopic (exact) mass is 414 g/mol. The Morgan fingerprint density at radius 1 is 0.968 bits per heavy atom. The van der Waals surface area contributed by atoms with Gasteiger partial charge in [-0.25, -0.2) is 0 Å². The van der Waals surface area contributed by atoms with Crippen LogP contribution in [0.25, 0.3) is 5.57 Å². The van der Waals surface area contributed by atoms with Crippen LogP contribution in [0.2, 0.25) is 0 Å². The maximum atomic E-state index is 13.6. The highest BCUT2D eigenvalue weighted by atomic mass is 16.5. The minimum atomic E-state index is -0.315. The number of hydrogen-bond donors (Lipinski definition) is 0. The van der Waals surface area contributed by atoms with E-state index in [1.165, 1.54) is 10.5 Å². The van der Waals surface area contributed by atoms with Gasteiger partial charge in [-0.15, -0.1) is 0 Å². The molecule has 0 atom stereocenters. The molecule has 156 valence electrons. The number of methoxy groups -OCH3 is 1. The molecule has 0 N–H and O–H groups in total. The molecule has 6 heteroatoms. The van der Waals surface area contributed by atoms with Crippen molar-refractivity contribution in [2.45, 2.75) is 19.4 Å². The van der Waals surface area contributed by atoms with Crippen molar-refractivity contribution in [1.29, 1.82) is 0 Å². The molecular weight excluding hydrogens is 392 g/mol. The number of aryl methyl sites for hydroxylation is 1. The number of amides is 2. The van der Waals surface area contributed by atoms with Gasteiger partial charge in [0.2, 0.25) is 0 Å². The van der Waals surface area contributed by atoms with E-state index in [1.54, 1.807) is 37.6 Å². The summed E-state index contributed by atoms with van der Waals surface area (Å²) in [7, 11) is 1.60. The number of nitrogens with zero attached hydrogens (tertiary/aromatic N) is 2. The zero-order chi connectivity index (χ0) is 21.4. The zero-order valence-electron chi connectivity index (χ0n) is 17.2. The van der Waals surface area contributed by atoms with Gasteiger partial charge < -0.3 is 14.1 Å². The lowest BCUT2D eigenvalue weighted by Crippen LogP contribution is -2.36. The number of anilines is 1. The molecule has 1 aromatic heterocycles. The van der Waals surface area contributed by atoms with Gasteiger partial charge in [0.05, 0.1) is 25.5 Å². The highest BCUT2D eigenvalue weighted by molar-refractivity contribution is 6.36. The summed E-state index contributed by atoms with van der Waals surface area (Å²) in [4.78, 5) is 30.4. The van der Waals surface area contributed by atoms with E-state index >= 15 is 0 Å².